The Labute approximate surface area is 743 Å². The van der Waals surface area contributed by atoms with Crippen LogP contribution in [-0.2, 0) is 143 Å². The standard InChI is InChI=1S/C81H134O48/c1-17-81(35-99,49-128-62(111)77(13,34-98)41-120-57(106)72(8,29-93)37-116-52(101)67(3,20-84)21-85)50-129-65(114)80(16,48-127-64(113)78(14,43-122-55(104)70(6,26-90)27-91)44-123-58(107)73(9,30-94)38-117-53(102)68(4,22-86)23-87)47-126-61(110)76(12,33-97)42-121-63(112)79(15,45-124-59(108)74(10,31-95)39-118-54(103)69(5,24-88)25-89)46-125-60(109)75(11,32-96)40-119-56(105)71(7,28-92)36-115-51(100)66(2,18-82)19-83/h82-99H,17-50H2,1-16H3. The fourth-order valence-electron chi connectivity index (χ4n) is 8.98. The smallest absolute Gasteiger partial charge is 0.318 e. The van der Waals surface area contributed by atoms with Gasteiger partial charge in [0.05, 0.1) is 124 Å². The fraction of sp³-hybridized carbons (Fsp3) is 0.815. The summed E-state index contributed by atoms with van der Waals surface area (Å²) in [6, 6.07) is 0. The lowest BCUT2D eigenvalue weighted by atomic mass is 9.87. The molecule has 0 amide bonds. The van der Waals surface area contributed by atoms with E-state index in [1.165, 1.54) is 6.92 Å². The maximum atomic E-state index is 15.0. The second-order valence-corrected chi connectivity index (χ2v) is 36.8. The highest BCUT2D eigenvalue weighted by Crippen LogP contribution is 2.37. The predicted molar refractivity (Wildman–Crippen MR) is 426 cm³/mol. The molecule has 0 spiro atoms. The van der Waals surface area contributed by atoms with E-state index < -0.39 is 394 Å². The second kappa shape index (κ2) is 50.8. The minimum atomic E-state index is -2.65. The number of aliphatic hydroxyl groups excluding tert-OH is 18. The molecule has 0 aromatic heterocycles. The van der Waals surface area contributed by atoms with E-state index in [1.807, 2.05) is 0 Å². The summed E-state index contributed by atoms with van der Waals surface area (Å²) in [6.45, 7) is -19.4. The molecule has 0 aliphatic carbocycles. The highest BCUT2D eigenvalue weighted by Gasteiger charge is 2.53. The number of esters is 15. The van der Waals surface area contributed by atoms with Crippen molar-refractivity contribution in [1.82, 2.24) is 0 Å². The molecule has 11 unspecified atom stereocenters. The molecule has 0 aliphatic rings. The Kier molecular flexibility index (Phi) is 47.4. The first-order valence-corrected chi connectivity index (χ1v) is 40.1. The van der Waals surface area contributed by atoms with E-state index in [0.29, 0.717) is 0 Å². The van der Waals surface area contributed by atoms with Gasteiger partial charge in [-0.1, -0.05) is 6.92 Å². The summed E-state index contributed by atoms with van der Waals surface area (Å²) in [5.41, 5.74) is -35.0. The van der Waals surface area contributed by atoms with Crippen LogP contribution in [0, 0.1) is 86.6 Å². The average molecular weight is 1880 g/mol. The summed E-state index contributed by atoms with van der Waals surface area (Å²) in [7, 11) is 0. The normalized spacial score (nSPS) is 17.3. The largest absolute Gasteiger partial charge is 0.464 e. The van der Waals surface area contributed by atoms with E-state index in [4.69, 9.17) is 71.1 Å². The van der Waals surface area contributed by atoms with Gasteiger partial charge in [-0.15, -0.1) is 0 Å². The Morgan fingerprint density at radius 2 is 0.225 bits per heavy atom. The van der Waals surface area contributed by atoms with Gasteiger partial charge in [-0.05, 0) is 110 Å². The summed E-state index contributed by atoms with van der Waals surface area (Å²) in [5, 5.41) is 182. The van der Waals surface area contributed by atoms with Crippen molar-refractivity contribution in [1.29, 1.82) is 0 Å². The van der Waals surface area contributed by atoms with Crippen LogP contribution in [0.1, 0.15) is 117 Å². The van der Waals surface area contributed by atoms with Gasteiger partial charge in [0.1, 0.15) is 180 Å². The van der Waals surface area contributed by atoms with Gasteiger partial charge in [0.15, 0.2) is 0 Å². The van der Waals surface area contributed by atoms with Crippen molar-refractivity contribution in [3.05, 3.63) is 0 Å². The lowest BCUT2D eigenvalue weighted by Crippen LogP contribution is -2.49. The zero-order valence-corrected chi connectivity index (χ0v) is 75.8. The Morgan fingerprint density at radius 1 is 0.140 bits per heavy atom. The zero-order valence-electron chi connectivity index (χ0n) is 75.8. The van der Waals surface area contributed by atoms with Crippen LogP contribution in [0.15, 0.2) is 0 Å². The van der Waals surface area contributed by atoms with Crippen LogP contribution in [0.5, 0.6) is 0 Å². The average Bonchev–Trinajstić information content (AvgIpc) is 0.809. The molecule has 129 heavy (non-hydrogen) atoms. The molecule has 11 atom stereocenters. The lowest BCUT2D eigenvalue weighted by molar-refractivity contribution is -0.187. The Bertz CT molecular complexity index is 3730. The van der Waals surface area contributed by atoms with Crippen LogP contribution in [0.2, 0.25) is 0 Å². The van der Waals surface area contributed by atoms with Gasteiger partial charge in [0.25, 0.3) is 0 Å². The first-order chi connectivity index (χ1) is 59.6. The molecular formula is C81H134O48. The van der Waals surface area contributed by atoms with E-state index >= 15 is 0 Å². The maximum absolute atomic E-state index is 15.0. The van der Waals surface area contributed by atoms with Crippen molar-refractivity contribution in [2.24, 2.45) is 86.6 Å². The molecule has 0 bridgehead atoms. The van der Waals surface area contributed by atoms with Gasteiger partial charge in [0.2, 0.25) is 0 Å². The summed E-state index contributed by atoms with van der Waals surface area (Å²) in [6.07, 6.45) is -0.290. The van der Waals surface area contributed by atoms with Crippen molar-refractivity contribution in [3.8, 4) is 0 Å². The van der Waals surface area contributed by atoms with Crippen LogP contribution in [0.25, 0.3) is 0 Å². The molecule has 0 radical (unpaired) electrons. The quantitative estimate of drug-likeness (QED) is 0.0199. The monoisotopic (exact) mass is 1870 g/mol. The molecular weight excluding hydrogens is 1740 g/mol. The fourth-order valence-corrected chi connectivity index (χ4v) is 8.98. The Morgan fingerprint density at radius 3 is 0.318 bits per heavy atom. The molecule has 48 heteroatoms. The van der Waals surface area contributed by atoms with Crippen molar-refractivity contribution in [2.45, 2.75) is 117 Å². The summed E-state index contributed by atoms with van der Waals surface area (Å²) >= 11 is 0. The minimum absolute atomic E-state index is 0.290. The predicted octanol–water partition coefficient (Wildman–Crippen LogP) is -7.51. The maximum Gasteiger partial charge on any atom is 0.318 e. The third-order valence-corrected chi connectivity index (χ3v) is 22.2. The Hall–Kier alpha value is -8.67. The van der Waals surface area contributed by atoms with E-state index in [2.05, 4.69) is 0 Å². The highest BCUT2D eigenvalue weighted by atomic mass is 16.6. The van der Waals surface area contributed by atoms with Crippen LogP contribution < -0.4 is 0 Å². The molecule has 0 aromatic rings. The first kappa shape index (κ1) is 120. The molecule has 746 valence electrons. The molecule has 0 saturated heterocycles. The first-order valence-electron chi connectivity index (χ1n) is 40.1. The number of aliphatic hydroxyl groups is 18. The summed E-state index contributed by atoms with van der Waals surface area (Å²) < 4.78 is 80.7. The molecule has 0 saturated carbocycles. The van der Waals surface area contributed by atoms with E-state index in [0.717, 1.165) is 104 Å². The molecule has 0 aromatic carbocycles. The molecule has 48 nitrogen and oxygen atoms in total. The number of rotatable bonds is 64. The van der Waals surface area contributed by atoms with E-state index in [1.54, 1.807) is 0 Å². The molecule has 18 N–H and O–H groups in total. The van der Waals surface area contributed by atoms with Crippen LogP contribution >= 0.6 is 0 Å². The minimum Gasteiger partial charge on any atom is -0.464 e. The SMILES string of the molecule is CCC(CO)(COC(=O)C(C)(CO)COC(=O)C(C)(CO)COC(=O)C(C)(CO)CO)COC(=O)C(C)(COC(=O)C(C)(CO)COC(=O)C(C)(COC(=O)C(C)(CO)COC(=O)C(C)(CO)CO)COC(=O)C(C)(CO)COC(=O)C(C)(CO)COC(=O)C(C)(CO)CO)COC(=O)C(C)(COC(=O)C(C)(CO)CO)COC(=O)C(C)(CO)COC(=O)C(C)(CO)CO. The second-order valence-electron chi connectivity index (χ2n) is 36.8. The van der Waals surface area contributed by atoms with Crippen molar-refractivity contribution in [3.63, 3.8) is 0 Å². The number of hydrogen-bond donors (Lipinski definition) is 18. The molecule has 0 aliphatic heterocycles. The topological polar surface area (TPSA) is 759 Å². The Balaban J connectivity index is 8.26. The zero-order chi connectivity index (χ0) is 100. The number of carbonyl (C=O) groups excluding carboxylic acids is 15. The van der Waals surface area contributed by atoms with Gasteiger partial charge in [0, 0.05) is 0 Å². The summed E-state index contributed by atoms with van der Waals surface area (Å²) in [5.74, 6) is -21.2. The molecule has 0 heterocycles. The summed E-state index contributed by atoms with van der Waals surface area (Å²) in [4.78, 5) is 207. The third kappa shape index (κ3) is 31.5. The van der Waals surface area contributed by atoms with Gasteiger partial charge >= 0.3 is 89.5 Å². The van der Waals surface area contributed by atoms with Crippen LogP contribution in [0.4, 0.5) is 0 Å². The molecule has 0 fully saturated rings. The number of hydrogen-bond acceptors (Lipinski definition) is 48. The van der Waals surface area contributed by atoms with Gasteiger partial charge in [-0.2, -0.15) is 0 Å². The van der Waals surface area contributed by atoms with Crippen molar-refractivity contribution in [2.75, 3.05) is 218 Å². The van der Waals surface area contributed by atoms with Gasteiger partial charge < -0.3 is 163 Å². The van der Waals surface area contributed by atoms with Crippen LogP contribution in [-0.4, -0.2) is 399 Å². The number of carbonyl (C=O) groups is 15. The van der Waals surface area contributed by atoms with Crippen molar-refractivity contribution < 1.29 is 235 Å². The van der Waals surface area contributed by atoms with Crippen molar-refractivity contribution >= 4 is 89.5 Å². The number of ether oxygens (including phenoxy) is 15. The highest BCUT2D eigenvalue weighted by molar-refractivity contribution is 5.87. The molecule has 0 rings (SSSR count). The van der Waals surface area contributed by atoms with Gasteiger partial charge in [-0.3, -0.25) is 71.9 Å². The third-order valence-electron chi connectivity index (χ3n) is 22.2. The lowest BCUT2D eigenvalue weighted by Gasteiger charge is -2.35. The van der Waals surface area contributed by atoms with E-state index in [-0.39, 0.29) is 6.42 Å². The van der Waals surface area contributed by atoms with Crippen LogP contribution in [0.3, 0.4) is 0 Å². The van der Waals surface area contributed by atoms with Gasteiger partial charge in [-0.25, -0.2) is 0 Å². The van der Waals surface area contributed by atoms with E-state index in [9.17, 15) is 164 Å².